The fraction of sp³-hybridized carbons (Fsp3) is 0.156. The molecule has 1 aromatic carbocycles. The summed E-state index contributed by atoms with van der Waals surface area (Å²) in [6.45, 7) is 1.46. The number of halogens is 6. The number of thiophene rings is 2. The number of carbonyl (C=O) groups excluding carboxylic acids is 1. The predicted molar refractivity (Wildman–Crippen MR) is 155 cm³/mol. The number of alkyl halides is 6. The van der Waals surface area contributed by atoms with E-state index in [9.17, 15) is 4.79 Å². The van der Waals surface area contributed by atoms with Crippen LogP contribution in [0.5, 0.6) is 0 Å². The van der Waals surface area contributed by atoms with E-state index in [1.165, 1.54) is 43.4 Å². The van der Waals surface area contributed by atoms with Crippen molar-refractivity contribution in [1.29, 1.82) is 0 Å². The Bertz CT molecular complexity index is 1870. The number of carbonyl (C=O) groups is 1. The van der Waals surface area contributed by atoms with Crippen LogP contribution in [0.4, 0.5) is 26.3 Å². The summed E-state index contributed by atoms with van der Waals surface area (Å²) >= 11 is 2.08. The fourth-order valence-corrected chi connectivity index (χ4v) is 7.37. The van der Waals surface area contributed by atoms with Gasteiger partial charge in [0.05, 0.1) is 19.4 Å². The second-order valence-corrected chi connectivity index (χ2v) is 12.5. The average Bonchev–Trinajstić information content (AvgIpc) is 3.58. The molecular weight excluding hydrogens is 592 g/mol. The molecule has 1 aliphatic heterocycles. The van der Waals surface area contributed by atoms with Gasteiger partial charge in [-0.1, -0.05) is 30.3 Å². The Labute approximate surface area is 244 Å². The minimum absolute atomic E-state index is 0.0856. The smallest absolute Gasteiger partial charge is 0.290 e. The van der Waals surface area contributed by atoms with Gasteiger partial charge in [-0.05, 0) is 60.1 Å². The van der Waals surface area contributed by atoms with Crippen molar-refractivity contribution in [1.82, 2.24) is 0 Å². The maximum Gasteiger partial charge on any atom is 0.380 e. The molecule has 0 bridgehead atoms. The standard InChI is InChI=1S/C32H21F6NOS2/c1-18-23(16-25(41-18)19-6-4-3-5-7-19)27-28(31(35,36)32(37,38)30(27,33)34)24-17-26(20-12-14-39(2)15-13-20)42-29(24)21-8-10-22(40)11-9-21/h3-17H,1-2H3/p+1. The Morgan fingerprint density at radius 1 is 0.714 bits per heavy atom. The Balaban J connectivity index is 1.72. The summed E-state index contributed by atoms with van der Waals surface area (Å²) in [6, 6.07) is 11.2. The number of aryl methyl sites for hydroxylation is 1. The number of allylic oxidation sites excluding steroid dienone is 8. The molecular formula is C32H22F6NOS2+. The zero-order valence-electron chi connectivity index (χ0n) is 22.2. The molecule has 3 aromatic rings. The first-order valence-corrected chi connectivity index (χ1v) is 14.5. The molecule has 214 valence electrons. The van der Waals surface area contributed by atoms with E-state index in [2.05, 4.69) is 0 Å². The van der Waals surface area contributed by atoms with E-state index in [1.54, 1.807) is 54.9 Å². The van der Waals surface area contributed by atoms with Gasteiger partial charge < -0.3 is 0 Å². The maximum absolute atomic E-state index is 15.9. The van der Waals surface area contributed by atoms with Crippen LogP contribution < -0.4 is 14.0 Å². The van der Waals surface area contributed by atoms with Crippen LogP contribution >= 0.6 is 22.7 Å². The summed E-state index contributed by atoms with van der Waals surface area (Å²) in [5, 5.41) is 0. The maximum atomic E-state index is 15.9. The van der Waals surface area contributed by atoms with Gasteiger partial charge in [0.1, 0.15) is 0 Å². The number of hydrogen-bond donors (Lipinski definition) is 1. The predicted octanol–water partition coefficient (Wildman–Crippen LogP) is 6.17. The Morgan fingerprint density at radius 2 is 1.31 bits per heavy atom. The summed E-state index contributed by atoms with van der Waals surface area (Å²) in [7, 11) is 1.87. The van der Waals surface area contributed by atoms with E-state index in [4.69, 9.17) is 0 Å². The molecule has 3 aliphatic rings. The second-order valence-electron chi connectivity index (χ2n) is 10.2. The summed E-state index contributed by atoms with van der Waals surface area (Å²) in [5.41, 5.74) is -2.02. The monoisotopic (exact) mass is 614 g/mol. The van der Waals surface area contributed by atoms with Crippen LogP contribution in [-0.2, 0) is 4.79 Å². The van der Waals surface area contributed by atoms with Crippen molar-refractivity contribution in [2.24, 2.45) is 0 Å². The third-order valence-electron chi connectivity index (χ3n) is 7.37. The van der Waals surface area contributed by atoms with Crippen molar-refractivity contribution < 1.29 is 36.0 Å². The molecule has 0 saturated carbocycles. The summed E-state index contributed by atoms with van der Waals surface area (Å²) in [5.74, 6) is -16.4. The van der Waals surface area contributed by atoms with Gasteiger partial charge >= 0.3 is 17.8 Å². The van der Waals surface area contributed by atoms with E-state index < -0.39 is 34.5 Å². The van der Waals surface area contributed by atoms with Crippen LogP contribution in [0.3, 0.4) is 0 Å². The van der Waals surface area contributed by atoms with Gasteiger partial charge in [0.25, 0.3) is 0 Å². The first-order valence-electron chi connectivity index (χ1n) is 12.9. The first-order chi connectivity index (χ1) is 19.8. The normalized spacial score (nSPS) is 22.1. The number of quaternary nitrogens is 1. The minimum Gasteiger partial charge on any atom is -0.290 e. The zero-order valence-corrected chi connectivity index (χ0v) is 23.8. The Kier molecular flexibility index (Phi) is 6.71. The lowest BCUT2D eigenvalue weighted by atomic mass is 9.94. The molecule has 0 unspecified atom stereocenters. The molecule has 0 amide bonds. The van der Waals surface area contributed by atoms with E-state index in [0.717, 1.165) is 27.6 Å². The highest BCUT2D eigenvalue weighted by Crippen LogP contribution is 2.65. The van der Waals surface area contributed by atoms with Gasteiger partial charge in [-0.2, -0.15) is 26.3 Å². The molecule has 0 fully saturated rings. The molecule has 10 heteroatoms. The van der Waals surface area contributed by atoms with Gasteiger partial charge in [0.2, 0.25) is 0 Å². The summed E-state index contributed by atoms with van der Waals surface area (Å²) < 4.78 is 94.1. The van der Waals surface area contributed by atoms with Crippen LogP contribution in [0, 0.1) is 6.92 Å². The molecule has 6 rings (SSSR count). The third-order valence-corrected chi connectivity index (χ3v) is 9.70. The number of hydrogen-bond acceptors (Lipinski definition) is 3. The molecule has 3 heterocycles. The van der Waals surface area contributed by atoms with Crippen LogP contribution in [0.15, 0.2) is 91.3 Å². The first kappa shape index (κ1) is 28.4. The van der Waals surface area contributed by atoms with Crippen molar-refractivity contribution in [2.75, 3.05) is 7.05 Å². The van der Waals surface area contributed by atoms with E-state index >= 15 is 26.3 Å². The molecule has 0 saturated heterocycles. The number of ketones is 1. The van der Waals surface area contributed by atoms with Gasteiger partial charge in [0, 0.05) is 53.3 Å². The van der Waals surface area contributed by atoms with Crippen LogP contribution in [0.25, 0.3) is 32.7 Å². The quantitative estimate of drug-likeness (QED) is 0.351. The van der Waals surface area contributed by atoms with E-state index in [1.807, 2.05) is 7.05 Å². The molecule has 1 N–H and O–H groups in total. The van der Waals surface area contributed by atoms with Crippen molar-refractivity contribution in [3.05, 3.63) is 116 Å². The van der Waals surface area contributed by atoms with Gasteiger partial charge in [-0.3, -0.25) is 9.69 Å². The lowest BCUT2D eigenvalue weighted by Gasteiger charge is -2.25. The molecule has 0 radical (unpaired) electrons. The van der Waals surface area contributed by atoms with Crippen molar-refractivity contribution >= 4 is 50.7 Å². The molecule has 0 atom stereocenters. The largest absolute Gasteiger partial charge is 0.380 e. The molecule has 42 heavy (non-hydrogen) atoms. The number of nitrogens with one attached hydrogen (secondary N) is 1. The topological polar surface area (TPSA) is 21.5 Å². The third kappa shape index (κ3) is 4.31. The SMILES string of the molecule is Cc1sc(-c2ccccc2)cc1C1=C(c2cc(=C3C=C[NH+](C)C=C3)sc2=C2C=CC(=O)C=C2)C(F)(F)C(F)(F)C1(F)F. The average molecular weight is 615 g/mol. The highest BCUT2D eigenvalue weighted by Gasteiger charge is 2.80. The minimum atomic E-state index is -5.69. The van der Waals surface area contributed by atoms with E-state index in [-0.39, 0.29) is 26.3 Å². The van der Waals surface area contributed by atoms with Crippen molar-refractivity contribution in [3.63, 3.8) is 0 Å². The number of benzene rings is 1. The fourth-order valence-electron chi connectivity index (χ4n) is 5.17. The van der Waals surface area contributed by atoms with Crippen LogP contribution in [0.2, 0.25) is 0 Å². The zero-order chi connectivity index (χ0) is 30.0. The summed E-state index contributed by atoms with van der Waals surface area (Å²) in [6.07, 6.45) is 12.3. The Morgan fingerprint density at radius 3 is 1.93 bits per heavy atom. The van der Waals surface area contributed by atoms with E-state index in [0.29, 0.717) is 20.5 Å². The molecule has 2 aromatic heterocycles. The van der Waals surface area contributed by atoms with Crippen LogP contribution in [-0.4, -0.2) is 30.6 Å². The summed E-state index contributed by atoms with van der Waals surface area (Å²) in [4.78, 5) is 13.4. The molecule has 2 nitrogen and oxygen atoms in total. The molecule has 0 spiro atoms. The van der Waals surface area contributed by atoms with Gasteiger partial charge in [-0.25, -0.2) is 0 Å². The highest BCUT2D eigenvalue weighted by molar-refractivity contribution is 7.15. The highest BCUT2D eigenvalue weighted by atomic mass is 32.1. The second kappa shape index (κ2) is 9.93. The van der Waals surface area contributed by atoms with Gasteiger partial charge in [0.15, 0.2) is 5.78 Å². The molecule has 2 aliphatic carbocycles. The lowest BCUT2D eigenvalue weighted by molar-refractivity contribution is -0.766. The van der Waals surface area contributed by atoms with Gasteiger partial charge in [-0.15, -0.1) is 22.7 Å². The van der Waals surface area contributed by atoms with Crippen molar-refractivity contribution in [2.45, 2.75) is 24.7 Å². The number of rotatable bonds is 3. The Hall–Kier alpha value is -3.73. The lowest BCUT2D eigenvalue weighted by Crippen LogP contribution is -2.99. The van der Waals surface area contributed by atoms with Crippen LogP contribution in [0.1, 0.15) is 16.0 Å². The van der Waals surface area contributed by atoms with Crippen molar-refractivity contribution in [3.8, 4) is 10.4 Å².